The maximum Gasteiger partial charge on any atom is 0.255 e. The molecule has 3 aromatic rings. The summed E-state index contributed by atoms with van der Waals surface area (Å²) in [5.74, 6) is -0.241. The minimum atomic E-state index is -0.941. The molecule has 0 fully saturated rings. The van der Waals surface area contributed by atoms with Crippen LogP contribution in [0.25, 0.3) is 0 Å². The van der Waals surface area contributed by atoms with E-state index in [1.807, 2.05) is 6.07 Å². The molecule has 0 bridgehead atoms. The normalized spacial score (nSPS) is 11.5. The number of hydrogen-bond donors (Lipinski definition) is 3. The van der Waals surface area contributed by atoms with Gasteiger partial charge in [-0.2, -0.15) is 0 Å². The molecule has 0 saturated heterocycles. The topological polar surface area (TPSA) is 87.7 Å². The van der Waals surface area contributed by atoms with Crippen molar-refractivity contribution in [3.8, 4) is 5.75 Å². The molecule has 6 nitrogen and oxygen atoms in total. The number of aliphatic hydroxyl groups excluding tert-OH is 1. The van der Waals surface area contributed by atoms with Gasteiger partial charge in [0, 0.05) is 23.4 Å². The summed E-state index contributed by atoms with van der Waals surface area (Å²) in [5.41, 5.74) is 1.50. The van der Waals surface area contributed by atoms with E-state index in [4.69, 9.17) is 27.9 Å². The third-order valence-electron chi connectivity index (χ3n) is 4.29. The minimum Gasteiger partial charge on any atom is -0.489 e. The van der Waals surface area contributed by atoms with Crippen LogP contribution in [-0.4, -0.2) is 36.2 Å². The molecule has 8 heteroatoms. The Balaban J connectivity index is 1.47. The number of carbonyl (C=O) groups excluding carboxylic acids is 2. The van der Waals surface area contributed by atoms with Gasteiger partial charge in [-0.15, -0.1) is 0 Å². The monoisotopic (exact) mass is 458 g/mol. The summed E-state index contributed by atoms with van der Waals surface area (Å²) in [6.07, 6.45) is -0.941. The van der Waals surface area contributed by atoms with Gasteiger partial charge in [0.25, 0.3) is 11.8 Å². The van der Waals surface area contributed by atoms with Crippen LogP contribution in [0.3, 0.4) is 0 Å². The van der Waals surface area contributed by atoms with E-state index >= 15 is 0 Å². The molecular formula is C23H20Cl2N2O4. The number of halogens is 2. The van der Waals surface area contributed by atoms with Crippen LogP contribution in [0.15, 0.2) is 72.8 Å². The lowest BCUT2D eigenvalue weighted by Gasteiger charge is -2.14. The highest BCUT2D eigenvalue weighted by atomic mass is 35.5. The number of benzene rings is 3. The number of carbonyl (C=O) groups is 2. The molecule has 0 saturated carbocycles. The number of hydrogen-bond acceptors (Lipinski definition) is 4. The van der Waals surface area contributed by atoms with Crippen LogP contribution >= 0.6 is 23.2 Å². The lowest BCUT2D eigenvalue weighted by atomic mass is 10.1. The molecule has 0 aliphatic heterocycles. The SMILES string of the molecule is O=C(NCC(O)COc1cccc(Cl)c1Cl)c1ccc(NC(=O)c2ccccc2)cc1. The fourth-order valence-corrected chi connectivity index (χ4v) is 3.00. The van der Waals surface area contributed by atoms with Crippen LogP contribution in [0, 0.1) is 0 Å². The molecule has 1 atom stereocenters. The zero-order valence-corrected chi connectivity index (χ0v) is 17.9. The number of amides is 2. The van der Waals surface area contributed by atoms with Crippen molar-refractivity contribution in [1.29, 1.82) is 0 Å². The maximum atomic E-state index is 12.3. The van der Waals surface area contributed by atoms with Crippen molar-refractivity contribution in [2.75, 3.05) is 18.5 Å². The van der Waals surface area contributed by atoms with Gasteiger partial charge < -0.3 is 20.5 Å². The molecule has 0 aliphatic carbocycles. The van der Waals surface area contributed by atoms with Crippen molar-refractivity contribution in [3.63, 3.8) is 0 Å². The van der Waals surface area contributed by atoms with E-state index in [1.54, 1.807) is 66.7 Å². The first-order valence-corrected chi connectivity index (χ1v) is 10.2. The molecule has 2 amide bonds. The minimum absolute atomic E-state index is 0.0104. The highest BCUT2D eigenvalue weighted by Gasteiger charge is 2.12. The average molecular weight is 459 g/mol. The molecule has 0 aromatic heterocycles. The summed E-state index contributed by atoms with van der Waals surface area (Å²) in [7, 11) is 0. The average Bonchev–Trinajstić information content (AvgIpc) is 2.79. The molecule has 0 aliphatic rings. The zero-order chi connectivity index (χ0) is 22.2. The first-order chi connectivity index (χ1) is 14.9. The Morgan fingerprint density at radius 2 is 1.55 bits per heavy atom. The van der Waals surface area contributed by atoms with E-state index in [2.05, 4.69) is 10.6 Å². The van der Waals surface area contributed by atoms with Crippen LogP contribution < -0.4 is 15.4 Å². The molecule has 3 rings (SSSR count). The molecule has 3 aromatic carbocycles. The summed E-state index contributed by atoms with van der Waals surface area (Å²) in [4.78, 5) is 24.5. The summed E-state index contributed by atoms with van der Waals surface area (Å²) in [6, 6.07) is 20.2. The summed E-state index contributed by atoms with van der Waals surface area (Å²) in [6.45, 7) is -0.0751. The van der Waals surface area contributed by atoms with E-state index in [0.717, 1.165) is 0 Å². The van der Waals surface area contributed by atoms with E-state index in [1.165, 1.54) is 0 Å². The molecule has 1 unspecified atom stereocenters. The Morgan fingerprint density at radius 1 is 0.871 bits per heavy atom. The molecule has 3 N–H and O–H groups in total. The lowest BCUT2D eigenvalue weighted by molar-refractivity contribution is 0.0844. The predicted octanol–water partition coefficient (Wildman–Crippen LogP) is 4.42. The highest BCUT2D eigenvalue weighted by Crippen LogP contribution is 2.31. The maximum absolute atomic E-state index is 12.3. The Morgan fingerprint density at radius 3 is 2.26 bits per heavy atom. The molecular weight excluding hydrogens is 439 g/mol. The van der Waals surface area contributed by atoms with Crippen molar-refractivity contribution in [1.82, 2.24) is 5.32 Å². The van der Waals surface area contributed by atoms with Gasteiger partial charge in [0.15, 0.2) is 0 Å². The molecule has 0 spiro atoms. The second-order valence-electron chi connectivity index (χ2n) is 6.62. The van der Waals surface area contributed by atoms with Crippen molar-refractivity contribution >= 4 is 40.7 Å². The fourth-order valence-electron chi connectivity index (χ4n) is 2.65. The first kappa shape index (κ1) is 22.6. The van der Waals surface area contributed by atoms with Crippen molar-refractivity contribution in [3.05, 3.63) is 94.0 Å². The predicted molar refractivity (Wildman–Crippen MR) is 121 cm³/mol. The number of ether oxygens (including phenoxy) is 1. The van der Waals surface area contributed by atoms with Crippen LogP contribution in [0.5, 0.6) is 5.75 Å². The van der Waals surface area contributed by atoms with E-state index in [0.29, 0.717) is 27.6 Å². The number of anilines is 1. The Hall–Kier alpha value is -3.06. The third-order valence-corrected chi connectivity index (χ3v) is 5.09. The molecule has 31 heavy (non-hydrogen) atoms. The quantitative estimate of drug-likeness (QED) is 0.466. The zero-order valence-electron chi connectivity index (χ0n) is 16.3. The summed E-state index contributed by atoms with van der Waals surface area (Å²) in [5, 5.41) is 16.1. The van der Waals surface area contributed by atoms with Gasteiger partial charge in [-0.3, -0.25) is 9.59 Å². The van der Waals surface area contributed by atoms with Crippen LogP contribution in [0.2, 0.25) is 10.0 Å². The second-order valence-corrected chi connectivity index (χ2v) is 7.41. The van der Waals surface area contributed by atoms with Gasteiger partial charge in [-0.1, -0.05) is 47.5 Å². The largest absolute Gasteiger partial charge is 0.489 e. The fraction of sp³-hybridized carbons (Fsp3) is 0.130. The number of aliphatic hydroxyl groups is 1. The van der Waals surface area contributed by atoms with Crippen LogP contribution in [0.1, 0.15) is 20.7 Å². The number of nitrogens with one attached hydrogen (secondary N) is 2. The van der Waals surface area contributed by atoms with Gasteiger partial charge in [0.2, 0.25) is 0 Å². The molecule has 0 radical (unpaired) electrons. The second kappa shape index (κ2) is 10.8. The Bertz CT molecular complexity index is 1040. The summed E-state index contributed by atoms with van der Waals surface area (Å²) >= 11 is 11.9. The van der Waals surface area contributed by atoms with Crippen molar-refractivity contribution in [2.24, 2.45) is 0 Å². The highest BCUT2D eigenvalue weighted by molar-refractivity contribution is 6.42. The Labute approximate surface area is 189 Å². The standard InChI is InChI=1S/C23H20Cl2N2O4/c24-19-7-4-8-20(21(19)25)31-14-18(28)13-26-22(29)16-9-11-17(12-10-16)27-23(30)15-5-2-1-3-6-15/h1-12,18,28H,13-14H2,(H,26,29)(H,27,30). The smallest absolute Gasteiger partial charge is 0.255 e. The van der Waals surface area contributed by atoms with Crippen LogP contribution in [-0.2, 0) is 0 Å². The molecule has 160 valence electrons. The lowest BCUT2D eigenvalue weighted by Crippen LogP contribution is -2.35. The van der Waals surface area contributed by atoms with Gasteiger partial charge in [0.1, 0.15) is 23.5 Å². The third kappa shape index (κ3) is 6.46. The van der Waals surface area contributed by atoms with E-state index < -0.39 is 6.10 Å². The van der Waals surface area contributed by atoms with Gasteiger partial charge in [-0.25, -0.2) is 0 Å². The van der Waals surface area contributed by atoms with Gasteiger partial charge in [0.05, 0.1) is 5.02 Å². The molecule has 0 heterocycles. The van der Waals surface area contributed by atoms with Gasteiger partial charge >= 0.3 is 0 Å². The van der Waals surface area contributed by atoms with E-state index in [9.17, 15) is 14.7 Å². The van der Waals surface area contributed by atoms with E-state index in [-0.39, 0.29) is 30.0 Å². The van der Waals surface area contributed by atoms with Crippen molar-refractivity contribution in [2.45, 2.75) is 6.10 Å². The van der Waals surface area contributed by atoms with Crippen molar-refractivity contribution < 1.29 is 19.4 Å². The van der Waals surface area contributed by atoms with Gasteiger partial charge in [-0.05, 0) is 48.5 Å². The van der Waals surface area contributed by atoms with Crippen LogP contribution in [0.4, 0.5) is 5.69 Å². The summed E-state index contributed by atoms with van der Waals surface area (Å²) < 4.78 is 5.45. The Kier molecular flexibility index (Phi) is 7.89. The first-order valence-electron chi connectivity index (χ1n) is 9.43. The number of rotatable bonds is 8.